The molecule has 1 aliphatic carbocycles. The van der Waals surface area contributed by atoms with Crippen molar-refractivity contribution in [2.75, 3.05) is 0 Å². The molecule has 0 saturated carbocycles. The predicted octanol–water partition coefficient (Wildman–Crippen LogP) is 3.42. The molecule has 1 unspecified atom stereocenters. The third-order valence-corrected chi connectivity index (χ3v) is 3.66. The van der Waals surface area contributed by atoms with Crippen LogP contribution < -0.4 is 0 Å². The smallest absolute Gasteiger partial charge is 0.145 e. The summed E-state index contributed by atoms with van der Waals surface area (Å²) >= 11 is 0. The third kappa shape index (κ3) is 2.05. The zero-order valence-electron chi connectivity index (χ0n) is 10.2. The summed E-state index contributed by atoms with van der Waals surface area (Å²) in [5, 5.41) is 0. The van der Waals surface area contributed by atoms with Crippen LogP contribution in [0.25, 0.3) is 0 Å². The first kappa shape index (κ1) is 12.0. The second kappa shape index (κ2) is 4.57. The fourth-order valence-corrected chi connectivity index (χ4v) is 2.54. The van der Waals surface area contributed by atoms with Crippen molar-refractivity contribution in [3.8, 4) is 0 Å². The van der Waals surface area contributed by atoms with Gasteiger partial charge in [0.2, 0.25) is 0 Å². The number of carbonyl (C=O) groups is 1. The Labute approximate surface area is 109 Å². The largest absolute Gasteiger partial charge is 0.299 e. The minimum absolute atomic E-state index is 0.122. The molecule has 2 aromatic carbocycles. The van der Waals surface area contributed by atoms with Gasteiger partial charge in [0.05, 0.1) is 0 Å². The van der Waals surface area contributed by atoms with Crippen LogP contribution >= 0.6 is 0 Å². The van der Waals surface area contributed by atoms with Crippen LogP contribution in [-0.4, -0.2) is 5.78 Å². The van der Waals surface area contributed by atoms with Gasteiger partial charge in [-0.25, -0.2) is 8.78 Å². The van der Waals surface area contributed by atoms with E-state index < -0.39 is 11.6 Å². The van der Waals surface area contributed by atoms with Gasteiger partial charge in [-0.05, 0) is 29.7 Å². The molecule has 96 valence electrons. The van der Waals surface area contributed by atoms with Crippen molar-refractivity contribution in [3.05, 3.63) is 70.8 Å². The number of benzene rings is 2. The summed E-state index contributed by atoms with van der Waals surface area (Å²) in [5.74, 6) is -1.64. The number of hydrogen-bond donors (Lipinski definition) is 0. The molecular weight excluding hydrogens is 246 g/mol. The van der Waals surface area contributed by atoms with Crippen LogP contribution in [0.4, 0.5) is 8.78 Å². The first-order chi connectivity index (χ1) is 9.16. The van der Waals surface area contributed by atoms with E-state index >= 15 is 0 Å². The molecule has 0 spiro atoms. The van der Waals surface area contributed by atoms with Crippen LogP contribution in [0.15, 0.2) is 42.5 Å². The number of fused-ring (bicyclic) bond motifs is 1. The summed E-state index contributed by atoms with van der Waals surface area (Å²) in [6.07, 6.45) is 0.489. The minimum atomic E-state index is -0.652. The minimum Gasteiger partial charge on any atom is -0.299 e. The molecule has 1 nitrogen and oxygen atoms in total. The van der Waals surface area contributed by atoms with Gasteiger partial charge in [-0.1, -0.05) is 30.3 Å². The molecule has 0 radical (unpaired) electrons. The average molecular weight is 258 g/mol. The Kier molecular flexibility index (Phi) is 2.90. The molecule has 3 rings (SSSR count). The SMILES string of the molecule is O=C(Cc1c(F)cccc1F)C1Cc2ccccc21. The Morgan fingerprint density at radius 3 is 2.42 bits per heavy atom. The van der Waals surface area contributed by atoms with Crippen LogP contribution in [0.5, 0.6) is 0 Å². The zero-order chi connectivity index (χ0) is 13.4. The quantitative estimate of drug-likeness (QED) is 0.824. The second-order valence-corrected chi connectivity index (χ2v) is 4.80. The van der Waals surface area contributed by atoms with Gasteiger partial charge < -0.3 is 0 Å². The van der Waals surface area contributed by atoms with E-state index in [4.69, 9.17) is 0 Å². The Morgan fingerprint density at radius 2 is 1.74 bits per heavy atom. The van der Waals surface area contributed by atoms with Crippen molar-refractivity contribution >= 4 is 5.78 Å². The van der Waals surface area contributed by atoms with Crippen LogP contribution in [0.2, 0.25) is 0 Å². The van der Waals surface area contributed by atoms with Gasteiger partial charge in [0.25, 0.3) is 0 Å². The molecule has 0 aliphatic heterocycles. The number of halogens is 2. The molecule has 0 fully saturated rings. The highest BCUT2D eigenvalue weighted by molar-refractivity contribution is 5.90. The third-order valence-electron chi connectivity index (χ3n) is 3.66. The Morgan fingerprint density at radius 1 is 1.05 bits per heavy atom. The van der Waals surface area contributed by atoms with Gasteiger partial charge in [-0.3, -0.25) is 4.79 Å². The molecule has 0 amide bonds. The van der Waals surface area contributed by atoms with E-state index in [1.165, 1.54) is 18.2 Å². The normalized spacial score (nSPS) is 16.6. The monoisotopic (exact) mass is 258 g/mol. The van der Waals surface area contributed by atoms with Crippen molar-refractivity contribution in [2.24, 2.45) is 0 Å². The highest BCUT2D eigenvalue weighted by Crippen LogP contribution is 2.36. The lowest BCUT2D eigenvalue weighted by Gasteiger charge is -2.28. The molecule has 0 N–H and O–H groups in total. The topological polar surface area (TPSA) is 17.1 Å². The van der Waals surface area contributed by atoms with E-state index in [0.29, 0.717) is 6.42 Å². The number of ketones is 1. The lowest BCUT2D eigenvalue weighted by molar-refractivity contribution is -0.120. The van der Waals surface area contributed by atoms with Crippen LogP contribution in [0, 0.1) is 11.6 Å². The fraction of sp³-hybridized carbons (Fsp3) is 0.188. The number of carbonyl (C=O) groups excluding carboxylic acids is 1. The van der Waals surface area contributed by atoms with E-state index in [9.17, 15) is 13.6 Å². The van der Waals surface area contributed by atoms with Gasteiger partial charge in [-0.15, -0.1) is 0 Å². The molecule has 0 saturated heterocycles. The highest BCUT2D eigenvalue weighted by atomic mass is 19.1. The summed E-state index contributed by atoms with van der Waals surface area (Å²) in [6.45, 7) is 0. The summed E-state index contributed by atoms with van der Waals surface area (Å²) in [7, 11) is 0. The number of hydrogen-bond acceptors (Lipinski definition) is 1. The van der Waals surface area contributed by atoms with E-state index in [2.05, 4.69) is 0 Å². The second-order valence-electron chi connectivity index (χ2n) is 4.80. The van der Waals surface area contributed by atoms with Crippen molar-refractivity contribution < 1.29 is 13.6 Å². The lowest BCUT2D eigenvalue weighted by Crippen LogP contribution is -2.26. The van der Waals surface area contributed by atoms with Gasteiger partial charge in [0, 0.05) is 17.9 Å². The van der Waals surface area contributed by atoms with Crippen molar-refractivity contribution in [3.63, 3.8) is 0 Å². The molecule has 19 heavy (non-hydrogen) atoms. The van der Waals surface area contributed by atoms with E-state index in [1.54, 1.807) is 0 Å². The van der Waals surface area contributed by atoms with Crippen LogP contribution in [0.1, 0.15) is 22.6 Å². The van der Waals surface area contributed by atoms with Crippen molar-refractivity contribution in [1.82, 2.24) is 0 Å². The average Bonchev–Trinajstić information content (AvgIpc) is 2.35. The number of rotatable bonds is 3. The molecule has 0 bridgehead atoms. The zero-order valence-corrected chi connectivity index (χ0v) is 10.2. The van der Waals surface area contributed by atoms with Gasteiger partial charge in [-0.2, -0.15) is 0 Å². The van der Waals surface area contributed by atoms with E-state index in [-0.39, 0.29) is 23.7 Å². The van der Waals surface area contributed by atoms with Gasteiger partial charge >= 0.3 is 0 Å². The molecule has 1 aliphatic rings. The standard InChI is InChI=1S/C16H12F2O/c17-14-6-3-7-15(18)13(14)9-16(19)12-8-10-4-1-2-5-11(10)12/h1-7,12H,8-9H2. The summed E-state index contributed by atoms with van der Waals surface area (Å²) < 4.78 is 27.0. The number of Topliss-reactive ketones (excluding diaryl/α,β-unsaturated/α-hetero) is 1. The summed E-state index contributed by atoms with van der Waals surface area (Å²) in [4.78, 5) is 12.1. The highest BCUT2D eigenvalue weighted by Gasteiger charge is 2.32. The predicted molar refractivity (Wildman–Crippen MR) is 68.0 cm³/mol. The maximum Gasteiger partial charge on any atom is 0.145 e. The van der Waals surface area contributed by atoms with E-state index in [0.717, 1.165) is 11.1 Å². The Bertz CT molecular complexity index is 629. The Hall–Kier alpha value is -2.03. The maximum atomic E-state index is 13.5. The maximum absolute atomic E-state index is 13.5. The van der Waals surface area contributed by atoms with Crippen molar-refractivity contribution in [1.29, 1.82) is 0 Å². The van der Waals surface area contributed by atoms with Crippen LogP contribution in [0.3, 0.4) is 0 Å². The van der Waals surface area contributed by atoms with Crippen molar-refractivity contribution in [2.45, 2.75) is 18.8 Å². The lowest BCUT2D eigenvalue weighted by atomic mass is 9.74. The fourth-order valence-electron chi connectivity index (χ4n) is 2.54. The Balaban J connectivity index is 1.81. The molecule has 0 heterocycles. The molecule has 1 atom stereocenters. The summed E-state index contributed by atoms with van der Waals surface area (Å²) in [5.41, 5.74) is 2.01. The summed E-state index contributed by atoms with van der Waals surface area (Å²) in [6, 6.07) is 11.3. The van der Waals surface area contributed by atoms with Gasteiger partial charge in [0.15, 0.2) is 0 Å². The molecule has 3 heteroatoms. The van der Waals surface area contributed by atoms with Gasteiger partial charge in [0.1, 0.15) is 17.4 Å². The molecular formula is C16H12F2O. The first-order valence-electron chi connectivity index (χ1n) is 6.20. The first-order valence-corrected chi connectivity index (χ1v) is 6.20. The molecule has 0 aromatic heterocycles. The van der Waals surface area contributed by atoms with E-state index in [1.807, 2.05) is 24.3 Å². The van der Waals surface area contributed by atoms with Crippen LogP contribution in [-0.2, 0) is 17.6 Å². The molecule has 2 aromatic rings.